The molecule has 1 aromatic rings. The smallest absolute Gasteiger partial charge is 0.241 e. The van der Waals surface area contributed by atoms with E-state index in [-0.39, 0.29) is 16.2 Å². The highest BCUT2D eigenvalue weighted by Crippen LogP contribution is 2.55. The van der Waals surface area contributed by atoms with E-state index in [1.807, 2.05) is 25.7 Å². The fourth-order valence-corrected chi connectivity index (χ4v) is 6.31. The number of rotatable bonds is 4. The van der Waals surface area contributed by atoms with Crippen molar-refractivity contribution in [3.8, 4) is 5.75 Å². The van der Waals surface area contributed by atoms with E-state index in [0.717, 1.165) is 11.3 Å². The molecule has 3 aliphatic heterocycles. The van der Waals surface area contributed by atoms with Gasteiger partial charge in [-0.25, -0.2) is 8.42 Å². The lowest BCUT2D eigenvalue weighted by Gasteiger charge is -2.60. The van der Waals surface area contributed by atoms with Crippen LogP contribution in [0.25, 0.3) is 0 Å². The molecule has 4 aliphatic rings. The Morgan fingerprint density at radius 3 is 2.48 bits per heavy atom. The first-order valence-electron chi connectivity index (χ1n) is 10.5. The maximum Gasteiger partial charge on any atom is 0.241 e. The van der Waals surface area contributed by atoms with Crippen molar-refractivity contribution in [2.75, 3.05) is 19.7 Å². The summed E-state index contributed by atoms with van der Waals surface area (Å²) < 4.78 is 34.5. The number of hydrogen-bond donors (Lipinski definition) is 1. The first-order valence-corrected chi connectivity index (χ1v) is 11.9. The SMILES string of the molecule is CC(C)(C)[C@H](NS(=O)(=O)c1ccc2c(c1)CCO2)C(=O)N1C[C@H]2C[C@@H](C1)C2(C)C. The monoisotopic (exact) mass is 420 g/mol. The van der Waals surface area contributed by atoms with Crippen molar-refractivity contribution >= 4 is 15.9 Å². The van der Waals surface area contributed by atoms with E-state index < -0.39 is 21.5 Å². The Labute approximate surface area is 174 Å². The minimum Gasteiger partial charge on any atom is -0.493 e. The highest BCUT2D eigenvalue weighted by molar-refractivity contribution is 7.89. The van der Waals surface area contributed by atoms with Gasteiger partial charge in [-0.1, -0.05) is 34.6 Å². The topological polar surface area (TPSA) is 75.7 Å². The fraction of sp³-hybridized carbons (Fsp3) is 0.682. The molecule has 1 amide bonds. The Morgan fingerprint density at radius 1 is 1.24 bits per heavy atom. The lowest BCUT2D eigenvalue weighted by molar-refractivity contribution is -0.155. The molecule has 6 nitrogen and oxygen atoms in total. The largest absolute Gasteiger partial charge is 0.493 e. The highest BCUT2D eigenvalue weighted by Gasteiger charge is 2.54. The maximum atomic E-state index is 13.4. The van der Waals surface area contributed by atoms with Crippen molar-refractivity contribution < 1.29 is 17.9 Å². The number of amides is 1. The van der Waals surface area contributed by atoms with Gasteiger partial charge in [0.05, 0.1) is 11.5 Å². The molecule has 2 saturated heterocycles. The van der Waals surface area contributed by atoms with E-state index in [9.17, 15) is 13.2 Å². The second-order valence-corrected chi connectivity index (χ2v) is 12.2. The van der Waals surface area contributed by atoms with Gasteiger partial charge in [-0.15, -0.1) is 0 Å². The molecule has 0 aromatic heterocycles. The van der Waals surface area contributed by atoms with Crippen LogP contribution in [0.4, 0.5) is 0 Å². The molecular weight excluding hydrogens is 388 g/mol. The predicted molar refractivity (Wildman–Crippen MR) is 111 cm³/mol. The number of ether oxygens (including phenoxy) is 1. The van der Waals surface area contributed by atoms with Crippen LogP contribution in [-0.2, 0) is 21.2 Å². The molecule has 160 valence electrons. The summed E-state index contributed by atoms with van der Waals surface area (Å²) in [6.45, 7) is 12.3. The molecule has 1 N–H and O–H groups in total. The van der Waals surface area contributed by atoms with E-state index in [2.05, 4.69) is 18.6 Å². The predicted octanol–water partition coefficient (Wildman–Crippen LogP) is 2.82. The highest BCUT2D eigenvalue weighted by atomic mass is 32.2. The molecule has 5 rings (SSSR count). The average molecular weight is 421 g/mol. The van der Waals surface area contributed by atoms with Crippen LogP contribution in [-0.4, -0.2) is 45.0 Å². The van der Waals surface area contributed by atoms with Crippen LogP contribution in [0.5, 0.6) is 5.75 Å². The van der Waals surface area contributed by atoms with E-state index >= 15 is 0 Å². The summed E-state index contributed by atoms with van der Waals surface area (Å²) in [5, 5.41) is 0. The third kappa shape index (κ3) is 3.56. The quantitative estimate of drug-likeness (QED) is 0.813. The molecular formula is C22H32N2O4S. The number of fused-ring (bicyclic) bond motifs is 3. The molecule has 3 heterocycles. The van der Waals surface area contributed by atoms with Crippen molar-refractivity contribution in [2.24, 2.45) is 22.7 Å². The normalized spacial score (nSPS) is 26.3. The zero-order valence-electron chi connectivity index (χ0n) is 18.0. The first kappa shape index (κ1) is 20.7. The Morgan fingerprint density at radius 2 is 1.90 bits per heavy atom. The summed E-state index contributed by atoms with van der Waals surface area (Å²) in [7, 11) is -3.83. The summed E-state index contributed by atoms with van der Waals surface area (Å²) in [6, 6.07) is 4.10. The van der Waals surface area contributed by atoms with Crippen LogP contribution in [0.1, 0.15) is 46.6 Å². The van der Waals surface area contributed by atoms with Gasteiger partial charge in [-0.3, -0.25) is 4.79 Å². The number of piperidine rings is 2. The second-order valence-electron chi connectivity index (χ2n) is 10.5. The van der Waals surface area contributed by atoms with Gasteiger partial charge in [-0.05, 0) is 52.8 Å². The lowest BCUT2D eigenvalue weighted by Crippen LogP contribution is -2.64. The molecule has 0 spiro atoms. The minimum absolute atomic E-state index is 0.115. The third-order valence-electron chi connectivity index (χ3n) is 7.22. The van der Waals surface area contributed by atoms with Crippen LogP contribution < -0.4 is 9.46 Å². The van der Waals surface area contributed by atoms with Gasteiger partial charge in [0, 0.05) is 19.5 Å². The van der Waals surface area contributed by atoms with Gasteiger partial charge in [0.1, 0.15) is 11.8 Å². The number of sulfonamides is 1. The zero-order valence-corrected chi connectivity index (χ0v) is 18.8. The van der Waals surface area contributed by atoms with E-state index in [4.69, 9.17) is 4.74 Å². The molecule has 1 aromatic carbocycles. The van der Waals surface area contributed by atoms with Gasteiger partial charge in [0.25, 0.3) is 0 Å². The molecule has 3 fully saturated rings. The molecule has 0 radical (unpaired) electrons. The van der Waals surface area contributed by atoms with Gasteiger partial charge >= 0.3 is 0 Å². The van der Waals surface area contributed by atoms with E-state index in [1.54, 1.807) is 18.2 Å². The second kappa shape index (κ2) is 6.71. The summed E-state index contributed by atoms with van der Waals surface area (Å²) in [6.07, 6.45) is 1.87. The molecule has 0 unspecified atom stereocenters. The minimum atomic E-state index is -3.83. The fourth-order valence-electron chi connectivity index (χ4n) is 4.86. The molecule has 29 heavy (non-hydrogen) atoms. The molecule has 7 heteroatoms. The van der Waals surface area contributed by atoms with Crippen molar-refractivity contribution in [1.82, 2.24) is 9.62 Å². The molecule has 2 bridgehead atoms. The van der Waals surface area contributed by atoms with Crippen LogP contribution in [0.15, 0.2) is 23.1 Å². The van der Waals surface area contributed by atoms with E-state index in [1.165, 1.54) is 6.42 Å². The Hall–Kier alpha value is -1.60. The van der Waals surface area contributed by atoms with Crippen LogP contribution >= 0.6 is 0 Å². The first-order chi connectivity index (χ1) is 13.4. The molecule has 3 atom stereocenters. The summed E-state index contributed by atoms with van der Waals surface area (Å²) >= 11 is 0. The van der Waals surface area contributed by atoms with Gasteiger partial charge in [-0.2, -0.15) is 4.72 Å². The third-order valence-corrected chi connectivity index (χ3v) is 8.64. The standard InChI is InChI=1S/C22H32N2O4S/c1-21(2,3)19(20(25)24-12-15-11-16(13-24)22(15,4)5)23-29(26,27)17-6-7-18-14(10-17)8-9-28-18/h6-7,10,15-16,19,23H,8-9,11-13H2,1-5H3/t15-,16+,19-/m1/s1. The summed E-state index contributed by atoms with van der Waals surface area (Å²) in [5.74, 6) is 1.62. The number of carbonyl (C=O) groups is 1. The Bertz CT molecular complexity index is 919. The number of carbonyl (C=O) groups excluding carboxylic acids is 1. The van der Waals surface area contributed by atoms with Gasteiger partial charge in [0.15, 0.2) is 0 Å². The van der Waals surface area contributed by atoms with Gasteiger partial charge < -0.3 is 9.64 Å². The number of hydrogen-bond acceptors (Lipinski definition) is 4. The maximum absolute atomic E-state index is 13.4. The van der Waals surface area contributed by atoms with Crippen molar-refractivity contribution in [1.29, 1.82) is 0 Å². The number of nitrogens with zero attached hydrogens (tertiary/aromatic N) is 1. The Kier molecular flexibility index (Phi) is 4.78. The Balaban J connectivity index is 1.55. The summed E-state index contributed by atoms with van der Waals surface area (Å²) in [4.78, 5) is 15.5. The summed E-state index contributed by atoms with van der Waals surface area (Å²) in [5.41, 5.74) is 0.631. The van der Waals surface area contributed by atoms with E-state index in [0.29, 0.717) is 38.0 Å². The van der Waals surface area contributed by atoms with Crippen LogP contribution in [0, 0.1) is 22.7 Å². The zero-order chi connectivity index (χ0) is 21.2. The molecule has 1 aliphatic carbocycles. The number of benzene rings is 1. The van der Waals surface area contributed by atoms with Gasteiger partial charge in [0.2, 0.25) is 15.9 Å². The van der Waals surface area contributed by atoms with Crippen LogP contribution in [0.3, 0.4) is 0 Å². The van der Waals surface area contributed by atoms with Crippen molar-refractivity contribution in [2.45, 2.75) is 58.4 Å². The lowest BCUT2D eigenvalue weighted by atomic mass is 9.52. The molecule has 1 saturated carbocycles. The number of nitrogens with one attached hydrogen (secondary N) is 1. The van der Waals surface area contributed by atoms with Crippen LogP contribution in [0.2, 0.25) is 0 Å². The van der Waals surface area contributed by atoms with Crippen molar-refractivity contribution in [3.63, 3.8) is 0 Å². The van der Waals surface area contributed by atoms with Crippen molar-refractivity contribution in [3.05, 3.63) is 23.8 Å². The average Bonchev–Trinajstić information content (AvgIpc) is 3.12.